The van der Waals surface area contributed by atoms with Crippen LogP contribution in [-0.2, 0) is 0 Å². The van der Waals surface area contributed by atoms with E-state index < -0.39 is 0 Å². The maximum atomic E-state index is 6.44. The molecule has 0 radical (unpaired) electrons. The van der Waals surface area contributed by atoms with Crippen molar-refractivity contribution < 1.29 is 4.74 Å². The largest absolute Gasteiger partial charge is 0.496 e. The summed E-state index contributed by atoms with van der Waals surface area (Å²) in [5, 5.41) is 0.724. The van der Waals surface area contributed by atoms with E-state index >= 15 is 0 Å². The molecule has 21 heavy (non-hydrogen) atoms. The molecule has 0 amide bonds. The van der Waals surface area contributed by atoms with E-state index in [1.807, 2.05) is 18.2 Å². The zero-order chi connectivity index (χ0) is 16.0. The summed E-state index contributed by atoms with van der Waals surface area (Å²) in [4.78, 5) is 2.43. The van der Waals surface area contributed by atoms with Gasteiger partial charge < -0.3 is 10.5 Å². The normalized spacial score (nSPS) is 13.2. The van der Waals surface area contributed by atoms with E-state index in [-0.39, 0.29) is 6.04 Å². The smallest absolute Gasteiger partial charge is 0.125 e. The van der Waals surface area contributed by atoms with Crippen LogP contribution in [0, 0.1) is 11.8 Å². The van der Waals surface area contributed by atoms with Gasteiger partial charge in [0.25, 0.3) is 0 Å². The Morgan fingerprint density at radius 3 is 2.14 bits per heavy atom. The Labute approximate surface area is 134 Å². The second kappa shape index (κ2) is 8.62. The fourth-order valence-electron chi connectivity index (χ4n) is 2.74. The lowest BCUT2D eigenvalue weighted by Crippen LogP contribution is -2.39. The van der Waals surface area contributed by atoms with Crippen molar-refractivity contribution >= 4 is 11.6 Å². The zero-order valence-electron chi connectivity index (χ0n) is 13.9. The highest BCUT2D eigenvalue weighted by Gasteiger charge is 2.25. The SMILES string of the molecule is COc1cccc(Cl)c1C(CN)N(CC(C)C)CC(C)C. The van der Waals surface area contributed by atoms with Crippen LogP contribution in [0.3, 0.4) is 0 Å². The van der Waals surface area contributed by atoms with E-state index in [2.05, 4.69) is 32.6 Å². The summed E-state index contributed by atoms with van der Waals surface area (Å²) < 4.78 is 5.50. The molecule has 0 aliphatic rings. The van der Waals surface area contributed by atoms with Gasteiger partial charge in [-0.2, -0.15) is 0 Å². The molecule has 0 aliphatic heterocycles. The molecule has 0 bridgehead atoms. The van der Waals surface area contributed by atoms with Crippen LogP contribution in [0.1, 0.15) is 39.3 Å². The van der Waals surface area contributed by atoms with Gasteiger partial charge in [0.15, 0.2) is 0 Å². The van der Waals surface area contributed by atoms with Gasteiger partial charge in [-0.15, -0.1) is 0 Å². The third-order valence-electron chi connectivity index (χ3n) is 3.43. The molecule has 0 saturated carbocycles. The van der Waals surface area contributed by atoms with E-state index in [9.17, 15) is 0 Å². The fourth-order valence-corrected chi connectivity index (χ4v) is 3.03. The topological polar surface area (TPSA) is 38.5 Å². The van der Waals surface area contributed by atoms with Crippen LogP contribution in [-0.4, -0.2) is 31.6 Å². The molecule has 3 nitrogen and oxygen atoms in total. The number of methoxy groups -OCH3 is 1. The molecular weight excluding hydrogens is 284 g/mol. The Morgan fingerprint density at radius 2 is 1.71 bits per heavy atom. The van der Waals surface area contributed by atoms with Crippen LogP contribution < -0.4 is 10.5 Å². The van der Waals surface area contributed by atoms with Crippen LogP contribution in [0.5, 0.6) is 5.75 Å². The average molecular weight is 313 g/mol. The van der Waals surface area contributed by atoms with Crippen molar-refractivity contribution in [3.8, 4) is 5.75 Å². The second-order valence-electron chi connectivity index (χ2n) is 6.35. The Kier molecular flexibility index (Phi) is 7.50. The highest BCUT2D eigenvalue weighted by Crippen LogP contribution is 2.35. The van der Waals surface area contributed by atoms with Crippen LogP contribution >= 0.6 is 11.6 Å². The summed E-state index contributed by atoms with van der Waals surface area (Å²) in [5.74, 6) is 1.97. The van der Waals surface area contributed by atoms with Gasteiger partial charge in [0.1, 0.15) is 5.75 Å². The van der Waals surface area contributed by atoms with Crippen LogP contribution in [0.15, 0.2) is 18.2 Å². The number of nitrogens with zero attached hydrogens (tertiary/aromatic N) is 1. The Bertz CT molecular complexity index is 425. The molecule has 1 aromatic rings. The summed E-state index contributed by atoms with van der Waals surface area (Å²) >= 11 is 6.44. The molecule has 0 aliphatic carbocycles. The lowest BCUT2D eigenvalue weighted by molar-refractivity contribution is 0.157. The van der Waals surface area contributed by atoms with Crippen molar-refractivity contribution in [2.45, 2.75) is 33.7 Å². The molecule has 0 saturated heterocycles. The minimum atomic E-state index is 0.0819. The quantitative estimate of drug-likeness (QED) is 0.789. The highest BCUT2D eigenvalue weighted by molar-refractivity contribution is 6.31. The van der Waals surface area contributed by atoms with Gasteiger partial charge in [-0.25, -0.2) is 0 Å². The van der Waals surface area contributed by atoms with E-state index in [4.69, 9.17) is 22.1 Å². The third-order valence-corrected chi connectivity index (χ3v) is 3.76. The molecule has 2 N–H and O–H groups in total. The molecule has 1 unspecified atom stereocenters. The second-order valence-corrected chi connectivity index (χ2v) is 6.76. The molecule has 0 fully saturated rings. The zero-order valence-corrected chi connectivity index (χ0v) is 14.7. The molecule has 0 heterocycles. The molecule has 0 spiro atoms. The molecule has 0 aromatic heterocycles. The van der Waals surface area contributed by atoms with Crippen LogP contribution in [0.25, 0.3) is 0 Å². The number of benzene rings is 1. The first-order valence-electron chi connectivity index (χ1n) is 7.67. The van der Waals surface area contributed by atoms with E-state index in [0.717, 1.165) is 29.4 Å². The Morgan fingerprint density at radius 1 is 1.14 bits per heavy atom. The first kappa shape index (κ1) is 18.3. The minimum absolute atomic E-state index is 0.0819. The molecule has 4 heteroatoms. The Hall–Kier alpha value is -0.770. The number of halogens is 1. The minimum Gasteiger partial charge on any atom is -0.496 e. The van der Waals surface area contributed by atoms with Gasteiger partial charge in [0.2, 0.25) is 0 Å². The summed E-state index contributed by atoms with van der Waals surface area (Å²) in [6.45, 7) is 11.4. The van der Waals surface area contributed by atoms with Gasteiger partial charge >= 0.3 is 0 Å². The van der Waals surface area contributed by atoms with E-state index in [0.29, 0.717) is 18.4 Å². The predicted octanol–water partition coefficient (Wildman–Crippen LogP) is 3.96. The maximum Gasteiger partial charge on any atom is 0.125 e. The standard InChI is InChI=1S/C17H29ClN2O/c1-12(2)10-20(11-13(3)4)15(9-19)17-14(18)7-6-8-16(17)21-5/h6-8,12-13,15H,9-11,19H2,1-5H3. The lowest BCUT2D eigenvalue weighted by atomic mass is 10.0. The van der Waals surface area contributed by atoms with Crippen molar-refractivity contribution in [1.82, 2.24) is 4.90 Å². The van der Waals surface area contributed by atoms with Gasteiger partial charge in [0, 0.05) is 30.2 Å². The van der Waals surface area contributed by atoms with E-state index in [1.165, 1.54) is 0 Å². The molecule has 1 aromatic carbocycles. The first-order valence-corrected chi connectivity index (χ1v) is 8.05. The number of nitrogens with two attached hydrogens (primary N) is 1. The summed E-state index contributed by atoms with van der Waals surface area (Å²) in [5.41, 5.74) is 7.10. The molecule has 120 valence electrons. The number of rotatable bonds is 8. The fraction of sp³-hybridized carbons (Fsp3) is 0.647. The monoisotopic (exact) mass is 312 g/mol. The van der Waals surface area contributed by atoms with Gasteiger partial charge in [-0.1, -0.05) is 45.4 Å². The lowest BCUT2D eigenvalue weighted by Gasteiger charge is -2.35. The van der Waals surface area contributed by atoms with Gasteiger partial charge in [-0.05, 0) is 24.0 Å². The Balaban J connectivity index is 3.18. The van der Waals surface area contributed by atoms with Gasteiger partial charge in [0.05, 0.1) is 13.2 Å². The molecule has 1 atom stereocenters. The molecular formula is C17H29ClN2O. The van der Waals surface area contributed by atoms with E-state index in [1.54, 1.807) is 7.11 Å². The van der Waals surface area contributed by atoms with Gasteiger partial charge in [-0.3, -0.25) is 4.90 Å². The maximum absolute atomic E-state index is 6.44. The number of ether oxygens (including phenoxy) is 1. The predicted molar refractivity (Wildman–Crippen MR) is 91.0 cm³/mol. The van der Waals surface area contributed by atoms with Crippen LogP contribution in [0.2, 0.25) is 5.02 Å². The van der Waals surface area contributed by atoms with Crippen LogP contribution in [0.4, 0.5) is 0 Å². The third kappa shape index (κ3) is 5.17. The van der Waals surface area contributed by atoms with Crippen molar-refractivity contribution in [1.29, 1.82) is 0 Å². The summed E-state index contributed by atoms with van der Waals surface area (Å²) in [7, 11) is 1.68. The van der Waals surface area contributed by atoms with Crippen molar-refractivity contribution in [3.05, 3.63) is 28.8 Å². The van der Waals surface area contributed by atoms with Crippen molar-refractivity contribution in [2.75, 3.05) is 26.7 Å². The number of hydrogen-bond donors (Lipinski definition) is 1. The van der Waals surface area contributed by atoms with Crippen molar-refractivity contribution in [3.63, 3.8) is 0 Å². The highest BCUT2D eigenvalue weighted by atomic mass is 35.5. The number of hydrogen-bond acceptors (Lipinski definition) is 3. The first-order chi connectivity index (χ1) is 9.90. The summed E-state index contributed by atoms with van der Waals surface area (Å²) in [6.07, 6.45) is 0. The summed E-state index contributed by atoms with van der Waals surface area (Å²) in [6, 6.07) is 5.85. The van der Waals surface area contributed by atoms with Crippen molar-refractivity contribution in [2.24, 2.45) is 17.6 Å². The average Bonchev–Trinajstić information content (AvgIpc) is 2.39. The molecule has 1 rings (SSSR count).